The summed E-state index contributed by atoms with van der Waals surface area (Å²) in [6.45, 7) is 7.73. The average Bonchev–Trinajstić information content (AvgIpc) is 2.74. The van der Waals surface area contributed by atoms with Gasteiger partial charge in [0.05, 0.1) is 0 Å². The summed E-state index contributed by atoms with van der Waals surface area (Å²) in [5.41, 5.74) is 1.15. The molecule has 1 aliphatic rings. The molecule has 0 spiro atoms. The topological polar surface area (TPSA) is 24.0 Å². The van der Waals surface area contributed by atoms with Crippen molar-refractivity contribution in [3.63, 3.8) is 0 Å². The smallest absolute Gasteiger partial charge is 0.177 e. The van der Waals surface area contributed by atoms with Crippen LogP contribution in [0, 0.1) is 11.7 Å². The van der Waals surface area contributed by atoms with Gasteiger partial charge in [-0.25, -0.2) is 0 Å². The molecule has 1 aliphatic heterocycles. The third kappa shape index (κ3) is 2.32. The predicted octanol–water partition coefficient (Wildman–Crippen LogP) is 2.34. The van der Waals surface area contributed by atoms with E-state index >= 15 is 0 Å². The zero-order valence-corrected chi connectivity index (χ0v) is 10.3. The van der Waals surface area contributed by atoms with E-state index in [4.69, 9.17) is 12.2 Å². The van der Waals surface area contributed by atoms with E-state index in [1.165, 1.54) is 19.4 Å². The second kappa shape index (κ2) is 4.49. The zero-order chi connectivity index (χ0) is 10.8. The number of hydrogen-bond donors (Lipinski definition) is 1. The molecule has 0 amide bonds. The second-order valence-corrected chi connectivity index (χ2v) is 4.71. The highest BCUT2D eigenvalue weighted by Crippen LogP contribution is 2.18. The van der Waals surface area contributed by atoms with Crippen LogP contribution in [0.1, 0.15) is 25.5 Å². The normalized spacial score (nSPS) is 22.4. The van der Waals surface area contributed by atoms with Crippen molar-refractivity contribution < 1.29 is 0 Å². The maximum Gasteiger partial charge on any atom is 0.177 e. The van der Waals surface area contributed by atoms with E-state index in [9.17, 15) is 0 Å². The van der Waals surface area contributed by atoms with Crippen molar-refractivity contribution in [2.45, 2.75) is 39.3 Å². The zero-order valence-electron chi connectivity index (χ0n) is 9.49. The fraction of sp³-hybridized carbons (Fsp3) is 0.727. The van der Waals surface area contributed by atoms with Crippen molar-refractivity contribution in [3.05, 3.63) is 16.7 Å². The van der Waals surface area contributed by atoms with Crippen LogP contribution >= 0.6 is 12.2 Å². The highest BCUT2D eigenvalue weighted by atomic mass is 32.1. The molecule has 1 aromatic heterocycles. The molecule has 1 fully saturated rings. The standard InChI is InChI=1S/C11H19N3S/c1-3-13-6-4-5-10(13)8-14-7-9(2)12-11(14)15/h7,10H,3-6,8H2,1-2H3,(H,12,15). The van der Waals surface area contributed by atoms with Crippen LogP contribution < -0.4 is 0 Å². The van der Waals surface area contributed by atoms with Crippen molar-refractivity contribution in [2.24, 2.45) is 0 Å². The molecule has 0 saturated carbocycles. The van der Waals surface area contributed by atoms with Gasteiger partial charge in [-0.15, -0.1) is 0 Å². The molecule has 1 N–H and O–H groups in total. The van der Waals surface area contributed by atoms with Crippen LogP contribution in [-0.4, -0.2) is 33.6 Å². The van der Waals surface area contributed by atoms with Gasteiger partial charge in [0.2, 0.25) is 0 Å². The number of hydrogen-bond acceptors (Lipinski definition) is 2. The van der Waals surface area contributed by atoms with E-state index in [2.05, 4.69) is 34.5 Å². The number of likely N-dealkylation sites (tertiary alicyclic amines) is 1. The van der Waals surface area contributed by atoms with E-state index < -0.39 is 0 Å². The molecule has 1 unspecified atom stereocenters. The van der Waals surface area contributed by atoms with Crippen LogP contribution in [0.25, 0.3) is 0 Å². The summed E-state index contributed by atoms with van der Waals surface area (Å²) in [5, 5.41) is 0. The fourth-order valence-corrected chi connectivity index (χ4v) is 2.73. The summed E-state index contributed by atoms with van der Waals surface area (Å²) >= 11 is 5.27. The fourth-order valence-electron chi connectivity index (χ4n) is 2.45. The van der Waals surface area contributed by atoms with Crippen molar-refractivity contribution in [3.8, 4) is 0 Å². The summed E-state index contributed by atoms with van der Waals surface area (Å²) in [6, 6.07) is 0.678. The monoisotopic (exact) mass is 225 g/mol. The molecule has 3 nitrogen and oxygen atoms in total. The number of aromatic amines is 1. The Morgan fingerprint density at radius 1 is 1.60 bits per heavy atom. The van der Waals surface area contributed by atoms with Crippen molar-refractivity contribution >= 4 is 12.2 Å². The van der Waals surface area contributed by atoms with Crippen molar-refractivity contribution in [2.75, 3.05) is 13.1 Å². The van der Waals surface area contributed by atoms with Crippen LogP contribution in [0.15, 0.2) is 6.20 Å². The third-order valence-corrected chi connectivity index (χ3v) is 3.56. The van der Waals surface area contributed by atoms with Gasteiger partial charge in [-0.2, -0.15) is 0 Å². The van der Waals surface area contributed by atoms with Crippen LogP contribution in [0.2, 0.25) is 0 Å². The number of H-pyrrole nitrogens is 1. The van der Waals surface area contributed by atoms with Crippen LogP contribution in [-0.2, 0) is 6.54 Å². The molecule has 0 bridgehead atoms. The molecule has 2 heterocycles. The van der Waals surface area contributed by atoms with Gasteiger partial charge in [0.25, 0.3) is 0 Å². The highest BCUT2D eigenvalue weighted by molar-refractivity contribution is 7.71. The molecule has 0 aliphatic carbocycles. The molecule has 1 saturated heterocycles. The Morgan fingerprint density at radius 2 is 2.40 bits per heavy atom. The number of nitrogens with one attached hydrogen (secondary N) is 1. The van der Waals surface area contributed by atoms with E-state index in [0.717, 1.165) is 23.6 Å². The van der Waals surface area contributed by atoms with Gasteiger partial charge in [0.1, 0.15) is 0 Å². The minimum absolute atomic E-state index is 0.678. The van der Waals surface area contributed by atoms with Gasteiger partial charge >= 0.3 is 0 Å². The Labute approximate surface area is 96.1 Å². The summed E-state index contributed by atoms with van der Waals surface area (Å²) in [4.78, 5) is 5.72. The lowest BCUT2D eigenvalue weighted by Crippen LogP contribution is -2.32. The first-order valence-corrected chi connectivity index (χ1v) is 6.11. The van der Waals surface area contributed by atoms with Crippen LogP contribution in [0.4, 0.5) is 0 Å². The SMILES string of the molecule is CCN1CCCC1Cn1cc(C)[nH]c1=S. The first-order chi connectivity index (χ1) is 7.20. The minimum Gasteiger partial charge on any atom is -0.335 e. The largest absolute Gasteiger partial charge is 0.335 e. The third-order valence-electron chi connectivity index (χ3n) is 3.23. The van der Waals surface area contributed by atoms with Gasteiger partial charge in [-0.1, -0.05) is 6.92 Å². The Balaban J connectivity index is 2.08. The average molecular weight is 225 g/mol. The Morgan fingerprint density at radius 3 is 3.00 bits per heavy atom. The van der Waals surface area contributed by atoms with Gasteiger partial charge in [0.15, 0.2) is 4.77 Å². The number of nitrogens with zero attached hydrogens (tertiary/aromatic N) is 2. The summed E-state index contributed by atoms with van der Waals surface area (Å²) in [7, 11) is 0. The van der Waals surface area contributed by atoms with E-state index in [1.54, 1.807) is 0 Å². The van der Waals surface area contributed by atoms with E-state index in [-0.39, 0.29) is 0 Å². The molecule has 1 atom stereocenters. The summed E-state index contributed by atoms with van der Waals surface area (Å²) in [6.07, 6.45) is 4.75. The molecule has 4 heteroatoms. The Hall–Kier alpha value is -0.610. The number of imidazole rings is 1. The minimum atomic E-state index is 0.678. The van der Waals surface area contributed by atoms with Gasteiger partial charge in [0, 0.05) is 24.5 Å². The Kier molecular flexibility index (Phi) is 3.26. The molecule has 15 heavy (non-hydrogen) atoms. The summed E-state index contributed by atoms with van der Waals surface area (Å²) in [5.74, 6) is 0. The maximum absolute atomic E-state index is 5.27. The van der Waals surface area contributed by atoms with Gasteiger partial charge in [-0.3, -0.25) is 4.90 Å². The second-order valence-electron chi connectivity index (χ2n) is 4.32. The van der Waals surface area contributed by atoms with Crippen molar-refractivity contribution in [1.82, 2.24) is 14.5 Å². The first kappa shape index (κ1) is 10.9. The van der Waals surface area contributed by atoms with Gasteiger partial charge in [-0.05, 0) is 45.1 Å². The molecule has 0 radical (unpaired) electrons. The van der Waals surface area contributed by atoms with Crippen LogP contribution in [0.3, 0.4) is 0 Å². The van der Waals surface area contributed by atoms with Gasteiger partial charge < -0.3 is 9.55 Å². The lowest BCUT2D eigenvalue weighted by Gasteiger charge is -2.22. The van der Waals surface area contributed by atoms with Crippen LogP contribution in [0.5, 0.6) is 0 Å². The predicted molar refractivity (Wildman–Crippen MR) is 64.6 cm³/mol. The van der Waals surface area contributed by atoms with E-state index in [0.29, 0.717) is 6.04 Å². The molecule has 84 valence electrons. The highest BCUT2D eigenvalue weighted by Gasteiger charge is 2.23. The first-order valence-electron chi connectivity index (χ1n) is 5.71. The molecule has 1 aromatic rings. The van der Waals surface area contributed by atoms with Crippen molar-refractivity contribution in [1.29, 1.82) is 0 Å². The number of aromatic nitrogens is 2. The maximum atomic E-state index is 5.27. The molecular formula is C11H19N3S. The Bertz CT molecular complexity index is 379. The summed E-state index contributed by atoms with van der Waals surface area (Å²) < 4.78 is 3.03. The molecule has 0 aromatic carbocycles. The molecular weight excluding hydrogens is 206 g/mol. The van der Waals surface area contributed by atoms with E-state index in [1.807, 2.05) is 0 Å². The lowest BCUT2D eigenvalue weighted by atomic mass is 10.2. The number of rotatable bonds is 3. The lowest BCUT2D eigenvalue weighted by molar-refractivity contribution is 0.243. The quantitative estimate of drug-likeness (QED) is 0.798. The molecule has 2 rings (SSSR count). The number of aryl methyl sites for hydroxylation is 1. The number of likely N-dealkylation sites (N-methyl/N-ethyl adjacent to an activating group) is 1.